The average Bonchev–Trinajstić information content (AvgIpc) is 2.55. The lowest BCUT2D eigenvalue weighted by atomic mass is 10.1. The number of aryl methyl sites for hydroxylation is 1. The quantitative estimate of drug-likeness (QED) is 0.535. The number of ether oxygens (including phenoxy) is 1. The van der Waals surface area contributed by atoms with Crippen LogP contribution in [0.5, 0.6) is 0 Å². The van der Waals surface area contributed by atoms with Crippen molar-refractivity contribution in [1.29, 1.82) is 0 Å². The van der Waals surface area contributed by atoms with Crippen LogP contribution in [0.3, 0.4) is 0 Å². The molecule has 0 saturated heterocycles. The number of amides is 1. The summed E-state index contributed by atoms with van der Waals surface area (Å²) < 4.78 is 4.62. The minimum absolute atomic E-state index is 0.263. The molecule has 0 fully saturated rings. The molecular formula is C17H16N2O3. The lowest BCUT2D eigenvalue weighted by Crippen LogP contribution is -2.18. The third-order valence-electron chi connectivity index (χ3n) is 3.10. The van der Waals surface area contributed by atoms with Crippen molar-refractivity contribution in [3.8, 4) is 0 Å². The number of benzene rings is 2. The van der Waals surface area contributed by atoms with Crippen LogP contribution in [0.1, 0.15) is 31.8 Å². The molecule has 0 spiro atoms. The zero-order chi connectivity index (χ0) is 15.9. The molecule has 1 N–H and O–H groups in total. The van der Waals surface area contributed by atoms with Crippen LogP contribution in [0.4, 0.5) is 0 Å². The van der Waals surface area contributed by atoms with E-state index >= 15 is 0 Å². The largest absolute Gasteiger partial charge is 0.465 e. The van der Waals surface area contributed by atoms with E-state index < -0.39 is 5.97 Å². The molecular weight excluding hydrogens is 280 g/mol. The Bertz CT molecular complexity index is 706. The molecule has 2 rings (SSSR count). The Morgan fingerprint density at radius 3 is 2.41 bits per heavy atom. The number of hydrogen-bond donors (Lipinski definition) is 1. The minimum atomic E-state index is -0.392. The van der Waals surface area contributed by atoms with Gasteiger partial charge in [0.15, 0.2) is 0 Å². The Labute approximate surface area is 128 Å². The first-order chi connectivity index (χ1) is 10.6. The number of carbonyl (C=O) groups is 2. The van der Waals surface area contributed by atoms with Crippen LogP contribution in [0.25, 0.3) is 0 Å². The van der Waals surface area contributed by atoms with Gasteiger partial charge in [-0.15, -0.1) is 0 Å². The normalized spacial score (nSPS) is 10.5. The fourth-order valence-corrected chi connectivity index (χ4v) is 1.88. The molecule has 5 nitrogen and oxygen atoms in total. The molecule has 1 amide bonds. The van der Waals surface area contributed by atoms with Crippen LogP contribution >= 0.6 is 0 Å². The number of rotatable bonds is 4. The van der Waals surface area contributed by atoms with Crippen molar-refractivity contribution >= 4 is 18.1 Å². The predicted molar refractivity (Wildman–Crippen MR) is 84.0 cm³/mol. The fourth-order valence-electron chi connectivity index (χ4n) is 1.88. The zero-order valence-corrected chi connectivity index (χ0v) is 12.4. The van der Waals surface area contributed by atoms with Crippen LogP contribution in [0, 0.1) is 6.92 Å². The second kappa shape index (κ2) is 7.17. The topological polar surface area (TPSA) is 67.8 Å². The highest BCUT2D eigenvalue weighted by Crippen LogP contribution is 2.06. The van der Waals surface area contributed by atoms with Crippen molar-refractivity contribution in [3.63, 3.8) is 0 Å². The van der Waals surface area contributed by atoms with Crippen molar-refractivity contribution in [2.45, 2.75) is 6.92 Å². The van der Waals surface area contributed by atoms with Crippen LogP contribution in [-0.4, -0.2) is 25.2 Å². The molecule has 0 heterocycles. The Hall–Kier alpha value is -2.95. The van der Waals surface area contributed by atoms with E-state index in [1.165, 1.54) is 13.3 Å². The summed E-state index contributed by atoms with van der Waals surface area (Å²) in [6, 6.07) is 14.0. The first-order valence-electron chi connectivity index (χ1n) is 6.69. The van der Waals surface area contributed by atoms with Crippen LogP contribution in [-0.2, 0) is 4.74 Å². The maximum atomic E-state index is 12.0. The van der Waals surface area contributed by atoms with E-state index in [9.17, 15) is 9.59 Å². The third kappa shape index (κ3) is 3.79. The molecule has 5 heteroatoms. The number of hydrazone groups is 1. The molecule has 0 aromatic heterocycles. The fraction of sp³-hybridized carbons (Fsp3) is 0.118. The lowest BCUT2D eigenvalue weighted by molar-refractivity contribution is 0.0600. The number of esters is 1. The maximum Gasteiger partial charge on any atom is 0.337 e. The van der Waals surface area contributed by atoms with Crippen molar-refractivity contribution in [2.75, 3.05) is 7.11 Å². The average molecular weight is 296 g/mol. The van der Waals surface area contributed by atoms with E-state index in [-0.39, 0.29) is 5.91 Å². The molecule has 0 aliphatic rings. The molecule has 2 aromatic rings. The molecule has 0 bridgehead atoms. The summed E-state index contributed by atoms with van der Waals surface area (Å²) in [5.74, 6) is -0.656. The first-order valence-corrected chi connectivity index (χ1v) is 6.69. The van der Waals surface area contributed by atoms with Gasteiger partial charge in [-0.1, -0.05) is 30.3 Å². The van der Waals surface area contributed by atoms with Gasteiger partial charge in [0.1, 0.15) is 0 Å². The van der Waals surface area contributed by atoms with Gasteiger partial charge in [0.25, 0.3) is 5.91 Å². The van der Waals surface area contributed by atoms with Gasteiger partial charge in [-0.25, -0.2) is 10.2 Å². The number of methoxy groups -OCH3 is 1. The Kier molecular flexibility index (Phi) is 5.03. The van der Waals surface area contributed by atoms with E-state index in [2.05, 4.69) is 15.3 Å². The van der Waals surface area contributed by atoms with E-state index in [1.54, 1.807) is 36.4 Å². The Balaban J connectivity index is 1.99. The molecule has 2 aromatic carbocycles. The highest BCUT2D eigenvalue weighted by Gasteiger charge is 2.06. The molecule has 0 aliphatic heterocycles. The van der Waals surface area contributed by atoms with Gasteiger partial charge in [0.2, 0.25) is 0 Å². The molecule has 0 unspecified atom stereocenters. The Morgan fingerprint density at radius 2 is 1.77 bits per heavy atom. The van der Waals surface area contributed by atoms with Gasteiger partial charge in [-0.05, 0) is 36.2 Å². The van der Waals surface area contributed by atoms with Gasteiger partial charge in [-0.3, -0.25) is 4.79 Å². The first kappa shape index (κ1) is 15.4. The van der Waals surface area contributed by atoms with Gasteiger partial charge < -0.3 is 4.74 Å². The number of hydrogen-bond acceptors (Lipinski definition) is 4. The maximum absolute atomic E-state index is 12.0. The number of carbonyl (C=O) groups excluding carboxylic acids is 2. The lowest BCUT2D eigenvalue weighted by Gasteiger charge is -2.03. The molecule has 0 radical (unpaired) electrons. The molecule has 112 valence electrons. The summed E-state index contributed by atoms with van der Waals surface area (Å²) in [6.07, 6.45) is 1.51. The number of nitrogens with zero attached hydrogens (tertiary/aromatic N) is 1. The smallest absolute Gasteiger partial charge is 0.337 e. The standard InChI is InChI=1S/C17H16N2O3/c1-12-5-3-4-6-15(12)16(20)19-18-11-13-7-9-14(10-8-13)17(21)22-2/h3-11H,1-2H3,(H,19,20)/b18-11+. The van der Waals surface area contributed by atoms with Gasteiger partial charge in [0, 0.05) is 5.56 Å². The minimum Gasteiger partial charge on any atom is -0.465 e. The van der Waals surface area contributed by atoms with E-state index in [1.807, 2.05) is 19.1 Å². The highest BCUT2D eigenvalue weighted by atomic mass is 16.5. The van der Waals surface area contributed by atoms with E-state index in [4.69, 9.17) is 0 Å². The molecule has 22 heavy (non-hydrogen) atoms. The van der Waals surface area contributed by atoms with E-state index in [0.29, 0.717) is 11.1 Å². The monoisotopic (exact) mass is 296 g/mol. The van der Waals surface area contributed by atoms with Gasteiger partial charge >= 0.3 is 5.97 Å². The Morgan fingerprint density at radius 1 is 1.09 bits per heavy atom. The second-order valence-electron chi connectivity index (χ2n) is 4.63. The summed E-state index contributed by atoms with van der Waals surface area (Å²) in [5, 5.41) is 3.91. The van der Waals surface area contributed by atoms with Crippen LogP contribution in [0.2, 0.25) is 0 Å². The SMILES string of the molecule is COC(=O)c1ccc(/C=N/NC(=O)c2ccccc2C)cc1. The van der Waals surface area contributed by atoms with Crippen molar-refractivity contribution in [3.05, 3.63) is 70.8 Å². The summed E-state index contributed by atoms with van der Waals surface area (Å²) >= 11 is 0. The van der Waals surface area contributed by atoms with Crippen LogP contribution < -0.4 is 5.43 Å². The van der Waals surface area contributed by atoms with Crippen molar-refractivity contribution < 1.29 is 14.3 Å². The predicted octanol–water partition coefficient (Wildman–Crippen LogP) is 2.55. The van der Waals surface area contributed by atoms with Crippen LogP contribution in [0.15, 0.2) is 53.6 Å². The third-order valence-corrected chi connectivity index (χ3v) is 3.10. The van der Waals surface area contributed by atoms with Crippen molar-refractivity contribution in [1.82, 2.24) is 5.43 Å². The highest BCUT2D eigenvalue weighted by molar-refractivity contribution is 5.96. The summed E-state index contributed by atoms with van der Waals surface area (Å²) in [4.78, 5) is 23.3. The summed E-state index contributed by atoms with van der Waals surface area (Å²) in [7, 11) is 1.33. The second-order valence-corrected chi connectivity index (χ2v) is 4.63. The van der Waals surface area contributed by atoms with Gasteiger partial charge in [0.05, 0.1) is 18.9 Å². The molecule has 0 aliphatic carbocycles. The van der Waals surface area contributed by atoms with Crippen molar-refractivity contribution in [2.24, 2.45) is 5.10 Å². The zero-order valence-electron chi connectivity index (χ0n) is 12.4. The van der Waals surface area contributed by atoms with E-state index in [0.717, 1.165) is 11.1 Å². The summed E-state index contributed by atoms with van der Waals surface area (Å²) in [6.45, 7) is 1.87. The molecule has 0 atom stereocenters. The van der Waals surface area contributed by atoms with Gasteiger partial charge in [-0.2, -0.15) is 5.10 Å². The number of nitrogens with one attached hydrogen (secondary N) is 1. The molecule has 0 saturated carbocycles. The summed E-state index contributed by atoms with van der Waals surface area (Å²) in [5.41, 5.74) is 5.17.